The third kappa shape index (κ3) is 3.23. The van der Waals surface area contributed by atoms with Crippen LogP contribution in [0.2, 0.25) is 0 Å². The van der Waals surface area contributed by atoms with Crippen LogP contribution in [0.3, 0.4) is 0 Å². The summed E-state index contributed by atoms with van der Waals surface area (Å²) in [7, 11) is 0. The van der Waals surface area contributed by atoms with E-state index in [4.69, 9.17) is 6.42 Å². The van der Waals surface area contributed by atoms with Crippen LogP contribution in [-0.2, 0) is 0 Å². The Morgan fingerprint density at radius 3 is 2.62 bits per heavy atom. The van der Waals surface area contributed by atoms with Crippen molar-refractivity contribution >= 4 is 0 Å². The van der Waals surface area contributed by atoms with Gasteiger partial charge in [0.25, 0.3) is 0 Å². The van der Waals surface area contributed by atoms with Crippen molar-refractivity contribution in [2.75, 3.05) is 19.6 Å². The first-order chi connectivity index (χ1) is 7.60. The summed E-state index contributed by atoms with van der Waals surface area (Å²) in [6.45, 7) is 12.1. The van der Waals surface area contributed by atoms with Crippen LogP contribution in [0.4, 0.5) is 0 Å². The van der Waals surface area contributed by atoms with Crippen molar-refractivity contribution < 1.29 is 0 Å². The lowest BCUT2D eigenvalue weighted by molar-refractivity contribution is 0.0953. The first kappa shape index (κ1) is 13.5. The molecule has 0 amide bonds. The highest BCUT2D eigenvalue weighted by atomic mass is 15.2. The summed E-state index contributed by atoms with van der Waals surface area (Å²) in [4.78, 5) is 2.47. The topological polar surface area (TPSA) is 15.3 Å². The molecule has 0 aromatic rings. The molecule has 0 saturated carbocycles. The third-order valence-corrected chi connectivity index (χ3v) is 3.88. The highest BCUT2D eigenvalue weighted by molar-refractivity contribution is 4.96. The van der Waals surface area contributed by atoms with Gasteiger partial charge in [0.15, 0.2) is 0 Å². The van der Waals surface area contributed by atoms with Gasteiger partial charge < -0.3 is 5.32 Å². The molecule has 1 aliphatic heterocycles. The second kappa shape index (κ2) is 6.27. The molecule has 2 nitrogen and oxygen atoms in total. The fourth-order valence-electron chi connectivity index (χ4n) is 2.48. The van der Waals surface area contributed by atoms with Crippen LogP contribution in [0.1, 0.15) is 34.1 Å². The smallest absolute Gasteiger partial charge is 0.0602 e. The first-order valence-corrected chi connectivity index (χ1v) is 6.51. The average Bonchev–Trinajstić information content (AvgIpc) is 2.28. The van der Waals surface area contributed by atoms with Crippen LogP contribution in [-0.4, -0.2) is 36.6 Å². The molecule has 0 spiro atoms. The van der Waals surface area contributed by atoms with Crippen molar-refractivity contribution in [3.63, 3.8) is 0 Å². The Hall–Kier alpha value is -0.520. The summed E-state index contributed by atoms with van der Waals surface area (Å²) < 4.78 is 0. The minimum atomic E-state index is 0.594. The van der Waals surface area contributed by atoms with E-state index < -0.39 is 0 Å². The number of hydrogen-bond donors (Lipinski definition) is 1. The van der Waals surface area contributed by atoms with Gasteiger partial charge in [-0.15, -0.1) is 6.42 Å². The van der Waals surface area contributed by atoms with Crippen LogP contribution < -0.4 is 5.32 Å². The predicted octanol–water partition coefficient (Wildman–Crippen LogP) is 1.96. The molecule has 92 valence electrons. The molecule has 1 fully saturated rings. The van der Waals surface area contributed by atoms with Crippen LogP contribution in [0.15, 0.2) is 0 Å². The van der Waals surface area contributed by atoms with Crippen molar-refractivity contribution in [3.8, 4) is 12.3 Å². The highest BCUT2D eigenvalue weighted by Gasteiger charge is 2.30. The maximum atomic E-state index is 5.46. The summed E-state index contributed by atoms with van der Waals surface area (Å²) in [5, 5.41) is 3.68. The zero-order chi connectivity index (χ0) is 12.1. The molecule has 1 rings (SSSR count). The highest BCUT2D eigenvalue weighted by Crippen LogP contribution is 2.19. The summed E-state index contributed by atoms with van der Waals surface area (Å²) >= 11 is 0. The van der Waals surface area contributed by atoms with E-state index in [1.807, 2.05) is 0 Å². The predicted molar refractivity (Wildman–Crippen MR) is 70.3 cm³/mol. The average molecular weight is 222 g/mol. The monoisotopic (exact) mass is 222 g/mol. The normalized spacial score (nSPS) is 29.0. The second-order valence-electron chi connectivity index (χ2n) is 5.35. The molecular formula is C14H26N2. The van der Waals surface area contributed by atoms with E-state index in [9.17, 15) is 0 Å². The van der Waals surface area contributed by atoms with Gasteiger partial charge in [0, 0.05) is 25.2 Å². The molecule has 0 bridgehead atoms. The number of hydrogen-bond acceptors (Lipinski definition) is 2. The summed E-state index contributed by atoms with van der Waals surface area (Å²) in [6.07, 6.45) is 6.69. The minimum absolute atomic E-state index is 0.594. The van der Waals surface area contributed by atoms with Gasteiger partial charge in [-0.1, -0.05) is 40.0 Å². The molecule has 16 heavy (non-hydrogen) atoms. The molecule has 1 saturated heterocycles. The molecule has 0 radical (unpaired) electrons. The lowest BCUT2D eigenvalue weighted by Crippen LogP contribution is -2.59. The molecule has 0 aliphatic carbocycles. The molecule has 3 unspecified atom stereocenters. The molecule has 1 N–H and O–H groups in total. The number of nitrogens with one attached hydrogen (secondary N) is 1. The standard InChI is InChI=1S/C14H26N2/c1-6-8-16-10-13(12(5)7-2)15-9-14(16)11(3)4/h1,11-15H,7-10H2,2-5H3. The largest absolute Gasteiger partial charge is 0.311 e. The zero-order valence-electron chi connectivity index (χ0n) is 11.2. The van der Waals surface area contributed by atoms with Gasteiger partial charge in [-0.2, -0.15) is 0 Å². The Bertz CT molecular complexity index is 242. The Kier molecular flexibility index (Phi) is 5.31. The third-order valence-electron chi connectivity index (χ3n) is 3.88. The van der Waals surface area contributed by atoms with Crippen molar-refractivity contribution in [1.82, 2.24) is 10.2 Å². The van der Waals surface area contributed by atoms with E-state index in [0.29, 0.717) is 18.0 Å². The maximum Gasteiger partial charge on any atom is 0.0602 e. The summed E-state index contributed by atoms with van der Waals surface area (Å²) in [6, 6.07) is 1.20. The molecule has 1 heterocycles. The molecule has 2 heteroatoms. The van der Waals surface area contributed by atoms with Crippen LogP contribution >= 0.6 is 0 Å². The van der Waals surface area contributed by atoms with Gasteiger partial charge in [0.05, 0.1) is 6.54 Å². The summed E-state index contributed by atoms with van der Waals surface area (Å²) in [5.74, 6) is 4.19. The van der Waals surface area contributed by atoms with E-state index in [1.165, 1.54) is 6.42 Å². The second-order valence-corrected chi connectivity index (χ2v) is 5.35. The Balaban J connectivity index is 2.61. The van der Waals surface area contributed by atoms with Gasteiger partial charge >= 0.3 is 0 Å². The van der Waals surface area contributed by atoms with Gasteiger partial charge in [-0.05, 0) is 11.8 Å². The minimum Gasteiger partial charge on any atom is -0.311 e. The van der Waals surface area contributed by atoms with E-state index in [1.54, 1.807) is 0 Å². The maximum absolute atomic E-state index is 5.46. The van der Waals surface area contributed by atoms with Gasteiger partial charge in [0.2, 0.25) is 0 Å². The van der Waals surface area contributed by atoms with Crippen molar-refractivity contribution in [2.45, 2.75) is 46.2 Å². The lowest BCUT2D eigenvalue weighted by Gasteiger charge is -2.43. The zero-order valence-corrected chi connectivity index (χ0v) is 11.2. The number of nitrogens with zero attached hydrogens (tertiary/aromatic N) is 1. The van der Waals surface area contributed by atoms with E-state index in [0.717, 1.165) is 25.6 Å². The number of terminal acetylenes is 1. The number of piperazine rings is 1. The Labute approximate surface area is 101 Å². The fraction of sp³-hybridized carbons (Fsp3) is 0.857. The molecule has 1 aliphatic rings. The van der Waals surface area contributed by atoms with E-state index >= 15 is 0 Å². The summed E-state index contributed by atoms with van der Waals surface area (Å²) in [5.41, 5.74) is 0. The van der Waals surface area contributed by atoms with Gasteiger partial charge in [0.1, 0.15) is 0 Å². The van der Waals surface area contributed by atoms with Crippen LogP contribution in [0.5, 0.6) is 0 Å². The quantitative estimate of drug-likeness (QED) is 0.732. The van der Waals surface area contributed by atoms with Crippen molar-refractivity contribution in [3.05, 3.63) is 0 Å². The lowest BCUT2D eigenvalue weighted by atomic mass is 9.92. The van der Waals surface area contributed by atoms with Crippen molar-refractivity contribution in [1.29, 1.82) is 0 Å². The number of rotatable bonds is 4. The van der Waals surface area contributed by atoms with E-state index in [2.05, 4.69) is 43.8 Å². The molecule has 0 aromatic carbocycles. The fourth-order valence-corrected chi connectivity index (χ4v) is 2.48. The van der Waals surface area contributed by atoms with Crippen LogP contribution in [0.25, 0.3) is 0 Å². The SMILES string of the molecule is C#CCN1CC(C(C)CC)NCC1C(C)C. The first-order valence-electron chi connectivity index (χ1n) is 6.51. The molecule has 0 aromatic heterocycles. The molecular weight excluding hydrogens is 196 g/mol. The van der Waals surface area contributed by atoms with E-state index in [-0.39, 0.29) is 0 Å². The van der Waals surface area contributed by atoms with Crippen LogP contribution in [0, 0.1) is 24.2 Å². The van der Waals surface area contributed by atoms with Gasteiger partial charge in [-0.3, -0.25) is 4.90 Å². The van der Waals surface area contributed by atoms with Gasteiger partial charge in [-0.25, -0.2) is 0 Å². The van der Waals surface area contributed by atoms with Crippen molar-refractivity contribution in [2.24, 2.45) is 11.8 Å². The molecule has 3 atom stereocenters. The Morgan fingerprint density at radius 1 is 1.44 bits per heavy atom. The Morgan fingerprint density at radius 2 is 2.12 bits per heavy atom.